The summed E-state index contributed by atoms with van der Waals surface area (Å²) in [5.74, 6) is 0. The molecule has 3 heteroatoms. The maximum Gasteiger partial charge on any atom is 0.0737 e. The Balaban J connectivity index is 1.34. The van der Waals surface area contributed by atoms with Crippen molar-refractivity contribution in [2.24, 2.45) is 0 Å². The van der Waals surface area contributed by atoms with Crippen LogP contribution in [0.2, 0.25) is 0 Å². The zero-order valence-electron chi connectivity index (χ0n) is 30.5. The molecule has 11 rings (SSSR count). The van der Waals surface area contributed by atoms with Crippen LogP contribution in [0.25, 0.3) is 99.8 Å². The molecule has 3 aromatic heterocycles. The summed E-state index contributed by atoms with van der Waals surface area (Å²) in [6.07, 6.45) is 0. The fourth-order valence-corrected chi connectivity index (χ4v) is 8.61. The molecule has 262 valence electrons. The number of fused-ring (bicyclic) bond motifs is 6. The normalized spacial score (nSPS) is 11.6. The van der Waals surface area contributed by atoms with Gasteiger partial charge in [-0.2, -0.15) is 0 Å². The maximum absolute atomic E-state index is 5.59. The van der Waals surface area contributed by atoms with Crippen LogP contribution in [0.15, 0.2) is 212 Å². The lowest BCUT2D eigenvalue weighted by Crippen LogP contribution is -2.05. The minimum atomic E-state index is 0.905. The van der Waals surface area contributed by atoms with Gasteiger partial charge in [0.1, 0.15) is 0 Å². The molecule has 0 fully saturated rings. The van der Waals surface area contributed by atoms with E-state index in [2.05, 4.69) is 221 Å². The van der Waals surface area contributed by atoms with Crippen LogP contribution in [-0.2, 0) is 0 Å². The third kappa shape index (κ3) is 5.17. The van der Waals surface area contributed by atoms with Crippen molar-refractivity contribution >= 4 is 43.6 Å². The van der Waals surface area contributed by atoms with Gasteiger partial charge in [0.2, 0.25) is 0 Å². The molecule has 0 aliphatic carbocycles. The highest BCUT2D eigenvalue weighted by Gasteiger charge is 2.24. The first-order valence-electron chi connectivity index (χ1n) is 19.1. The largest absolute Gasteiger partial charge is 0.309 e. The van der Waals surface area contributed by atoms with Gasteiger partial charge in [-0.15, -0.1) is 0 Å². The van der Waals surface area contributed by atoms with Gasteiger partial charge in [0, 0.05) is 43.9 Å². The molecule has 0 N–H and O–H groups in total. The van der Waals surface area contributed by atoms with Crippen molar-refractivity contribution in [1.82, 2.24) is 14.1 Å². The number of hydrogen-bond donors (Lipinski definition) is 0. The van der Waals surface area contributed by atoms with Gasteiger partial charge in [0.05, 0.1) is 39.1 Å². The summed E-state index contributed by atoms with van der Waals surface area (Å²) in [6.45, 7) is 0. The molecule has 0 radical (unpaired) electrons. The zero-order valence-corrected chi connectivity index (χ0v) is 30.5. The van der Waals surface area contributed by atoms with Crippen molar-refractivity contribution < 1.29 is 0 Å². The molecule has 0 atom stereocenters. The van der Waals surface area contributed by atoms with Gasteiger partial charge in [0.15, 0.2) is 0 Å². The molecular formula is C53H35N3. The summed E-state index contributed by atoms with van der Waals surface area (Å²) in [5, 5.41) is 4.90. The van der Waals surface area contributed by atoms with Crippen LogP contribution in [0.1, 0.15) is 0 Å². The van der Waals surface area contributed by atoms with E-state index in [4.69, 9.17) is 4.98 Å². The number of nitrogens with zero attached hydrogens (tertiary/aromatic N) is 3. The van der Waals surface area contributed by atoms with Gasteiger partial charge in [-0.1, -0.05) is 164 Å². The highest BCUT2D eigenvalue weighted by Crippen LogP contribution is 2.45. The number of pyridine rings is 1. The van der Waals surface area contributed by atoms with E-state index in [0.29, 0.717) is 0 Å². The molecule has 0 bridgehead atoms. The van der Waals surface area contributed by atoms with Gasteiger partial charge in [-0.3, -0.25) is 0 Å². The fraction of sp³-hybridized carbons (Fsp3) is 0. The Hall–Kier alpha value is -7.49. The van der Waals surface area contributed by atoms with Gasteiger partial charge in [-0.05, 0) is 65.2 Å². The van der Waals surface area contributed by atoms with Gasteiger partial charge in [0.25, 0.3) is 0 Å². The van der Waals surface area contributed by atoms with Crippen LogP contribution in [0.5, 0.6) is 0 Å². The second kappa shape index (κ2) is 13.1. The van der Waals surface area contributed by atoms with Crippen molar-refractivity contribution in [1.29, 1.82) is 0 Å². The third-order valence-electron chi connectivity index (χ3n) is 11.1. The molecule has 0 unspecified atom stereocenters. The first-order valence-corrected chi connectivity index (χ1v) is 19.1. The Kier molecular flexibility index (Phi) is 7.49. The van der Waals surface area contributed by atoms with Crippen LogP contribution in [0.4, 0.5) is 0 Å². The number of aromatic nitrogens is 3. The lowest BCUT2D eigenvalue weighted by atomic mass is 9.94. The standard InChI is InChI=1S/C53H35N3/c1-4-18-36(19-5-1)39-32-47(38-22-8-3-9-23-38)54-48(33-39)46-35-40(55-49-28-14-10-24-41(49)42-25-11-15-29-50(42)55)34-45(37-20-6-2-7-21-37)53(46)56-51-30-16-12-26-43(51)44-27-13-17-31-52(44)56/h1-35H. The Morgan fingerprint density at radius 2 is 0.679 bits per heavy atom. The topological polar surface area (TPSA) is 22.8 Å². The summed E-state index contributed by atoms with van der Waals surface area (Å²) >= 11 is 0. The quantitative estimate of drug-likeness (QED) is 0.168. The molecule has 0 amide bonds. The summed E-state index contributed by atoms with van der Waals surface area (Å²) in [4.78, 5) is 5.59. The van der Waals surface area contributed by atoms with Crippen molar-refractivity contribution in [3.63, 3.8) is 0 Å². The number of hydrogen-bond acceptors (Lipinski definition) is 1. The van der Waals surface area contributed by atoms with E-state index in [1.807, 2.05) is 0 Å². The van der Waals surface area contributed by atoms with Crippen molar-refractivity contribution in [3.05, 3.63) is 212 Å². The first kappa shape index (κ1) is 32.0. The number of para-hydroxylation sites is 4. The number of rotatable bonds is 6. The Bertz CT molecular complexity index is 3060. The van der Waals surface area contributed by atoms with Crippen LogP contribution >= 0.6 is 0 Å². The SMILES string of the molecule is c1ccc(-c2cc(-c3ccccc3)nc(-c3cc(-n4c5ccccc5c5ccccc54)cc(-c4ccccc4)c3-n3c4ccccc4c4ccccc43)c2)cc1. The molecule has 8 aromatic carbocycles. The van der Waals surface area contributed by atoms with Crippen LogP contribution in [-0.4, -0.2) is 14.1 Å². The molecule has 11 aromatic rings. The Labute approximate surface area is 325 Å². The van der Waals surface area contributed by atoms with Gasteiger partial charge >= 0.3 is 0 Å². The monoisotopic (exact) mass is 713 g/mol. The molecule has 0 aliphatic rings. The minimum Gasteiger partial charge on any atom is -0.309 e. The molecule has 3 heterocycles. The fourth-order valence-electron chi connectivity index (χ4n) is 8.61. The summed E-state index contributed by atoms with van der Waals surface area (Å²) in [7, 11) is 0. The lowest BCUT2D eigenvalue weighted by molar-refractivity contribution is 1.14. The zero-order chi connectivity index (χ0) is 37.0. The average molecular weight is 714 g/mol. The van der Waals surface area contributed by atoms with E-state index in [0.717, 1.165) is 67.2 Å². The van der Waals surface area contributed by atoms with Crippen molar-refractivity contribution in [3.8, 4) is 56.1 Å². The summed E-state index contributed by atoms with van der Waals surface area (Å²) in [6, 6.07) is 76.3. The molecule has 3 nitrogen and oxygen atoms in total. The minimum absolute atomic E-state index is 0.905. The third-order valence-corrected chi connectivity index (χ3v) is 11.1. The summed E-state index contributed by atoms with van der Waals surface area (Å²) in [5.41, 5.74) is 15.3. The molecule has 0 spiro atoms. The lowest BCUT2D eigenvalue weighted by Gasteiger charge is -2.22. The Morgan fingerprint density at radius 1 is 0.286 bits per heavy atom. The van der Waals surface area contributed by atoms with Crippen molar-refractivity contribution in [2.75, 3.05) is 0 Å². The molecule has 0 saturated carbocycles. The van der Waals surface area contributed by atoms with E-state index >= 15 is 0 Å². The van der Waals surface area contributed by atoms with Gasteiger partial charge < -0.3 is 9.13 Å². The maximum atomic E-state index is 5.59. The van der Waals surface area contributed by atoms with E-state index < -0.39 is 0 Å². The smallest absolute Gasteiger partial charge is 0.0737 e. The van der Waals surface area contributed by atoms with E-state index in [-0.39, 0.29) is 0 Å². The predicted molar refractivity (Wildman–Crippen MR) is 235 cm³/mol. The van der Waals surface area contributed by atoms with Crippen LogP contribution in [0, 0.1) is 0 Å². The Morgan fingerprint density at radius 3 is 1.20 bits per heavy atom. The highest BCUT2D eigenvalue weighted by molar-refractivity contribution is 6.12. The molecule has 56 heavy (non-hydrogen) atoms. The molecular weight excluding hydrogens is 679 g/mol. The molecule has 0 saturated heterocycles. The predicted octanol–water partition coefficient (Wildman–Crippen LogP) is 13.9. The van der Waals surface area contributed by atoms with Crippen LogP contribution < -0.4 is 0 Å². The number of benzene rings is 8. The van der Waals surface area contributed by atoms with Gasteiger partial charge in [-0.25, -0.2) is 4.98 Å². The van der Waals surface area contributed by atoms with E-state index in [1.54, 1.807) is 0 Å². The van der Waals surface area contributed by atoms with E-state index in [9.17, 15) is 0 Å². The molecule has 0 aliphatic heterocycles. The second-order valence-electron chi connectivity index (χ2n) is 14.4. The highest BCUT2D eigenvalue weighted by atomic mass is 15.0. The van der Waals surface area contributed by atoms with E-state index in [1.165, 1.54) is 32.6 Å². The average Bonchev–Trinajstić information content (AvgIpc) is 3.80. The second-order valence-corrected chi connectivity index (χ2v) is 14.4. The van der Waals surface area contributed by atoms with Crippen LogP contribution in [0.3, 0.4) is 0 Å². The summed E-state index contributed by atoms with van der Waals surface area (Å²) < 4.78 is 4.90. The van der Waals surface area contributed by atoms with Crippen molar-refractivity contribution in [2.45, 2.75) is 0 Å². The first-order chi connectivity index (χ1) is 27.8.